The topological polar surface area (TPSA) is 39.7 Å². The Labute approximate surface area is 56.6 Å². The van der Waals surface area contributed by atoms with Crippen molar-refractivity contribution in [3.05, 3.63) is 29.8 Å². The molecule has 10 heavy (non-hydrogen) atoms. The van der Waals surface area contributed by atoms with E-state index in [0.717, 1.165) is 12.1 Å². The molecule has 0 aliphatic rings. The summed E-state index contributed by atoms with van der Waals surface area (Å²) in [4.78, 5) is 0. The van der Waals surface area contributed by atoms with Gasteiger partial charge in [0.15, 0.2) is 17.3 Å². The Morgan fingerprint density at radius 2 is 1.70 bits per heavy atom. The van der Waals surface area contributed by atoms with E-state index < -0.39 is 11.6 Å². The first-order chi connectivity index (χ1) is 4.75. The third-order valence-electron chi connectivity index (χ3n) is 1.14. The molecular weight excluding hydrogens is 138 g/mol. The van der Waals surface area contributed by atoms with Gasteiger partial charge in [0.1, 0.15) is 0 Å². The highest BCUT2D eigenvalue weighted by Gasteiger charge is 2.05. The SMILES string of the molecule is [NH3+]Nc1c(F)cccc1F. The zero-order valence-electron chi connectivity index (χ0n) is 5.20. The first-order valence-corrected chi connectivity index (χ1v) is 2.73. The molecule has 0 heterocycles. The number of nitrogens with one attached hydrogen (secondary N) is 1. The van der Waals surface area contributed by atoms with Crippen LogP contribution in [0.1, 0.15) is 0 Å². The van der Waals surface area contributed by atoms with Crippen LogP contribution in [0.3, 0.4) is 0 Å². The van der Waals surface area contributed by atoms with E-state index in [0.29, 0.717) is 0 Å². The Kier molecular flexibility index (Phi) is 1.82. The van der Waals surface area contributed by atoms with Crippen LogP contribution >= 0.6 is 0 Å². The summed E-state index contributed by atoms with van der Waals surface area (Å²) in [6.45, 7) is 0. The minimum Gasteiger partial charge on any atom is -0.257 e. The lowest BCUT2D eigenvalue weighted by atomic mass is 10.3. The molecule has 0 fully saturated rings. The van der Waals surface area contributed by atoms with Gasteiger partial charge in [-0.15, -0.1) is 0 Å². The molecule has 1 aromatic rings. The smallest absolute Gasteiger partial charge is 0.156 e. The lowest BCUT2D eigenvalue weighted by Gasteiger charge is -1.98. The van der Waals surface area contributed by atoms with E-state index in [1.54, 1.807) is 0 Å². The Balaban J connectivity index is 3.17. The Hall–Kier alpha value is -1.16. The Morgan fingerprint density at radius 3 is 2.00 bits per heavy atom. The number of halogens is 2. The van der Waals surface area contributed by atoms with Gasteiger partial charge in [-0.3, -0.25) is 5.84 Å². The van der Waals surface area contributed by atoms with Crippen molar-refractivity contribution in [2.45, 2.75) is 0 Å². The number of rotatable bonds is 1. The maximum absolute atomic E-state index is 12.5. The van der Waals surface area contributed by atoms with Crippen molar-refractivity contribution in [3.8, 4) is 0 Å². The number of benzene rings is 1. The molecule has 2 nitrogen and oxygen atoms in total. The predicted octanol–water partition coefficient (Wildman–Crippen LogP) is 0.534. The second-order valence-electron chi connectivity index (χ2n) is 1.77. The van der Waals surface area contributed by atoms with E-state index in [1.165, 1.54) is 6.07 Å². The average molecular weight is 145 g/mol. The minimum absolute atomic E-state index is 0.192. The molecule has 54 valence electrons. The molecule has 0 aliphatic heterocycles. The van der Waals surface area contributed by atoms with Crippen LogP contribution in [0.2, 0.25) is 0 Å². The number of para-hydroxylation sites is 1. The summed E-state index contributed by atoms with van der Waals surface area (Å²) in [5, 5.41) is 0. The molecule has 0 bridgehead atoms. The summed E-state index contributed by atoms with van der Waals surface area (Å²) >= 11 is 0. The molecular formula is C6H7F2N2+. The van der Waals surface area contributed by atoms with Crippen LogP contribution < -0.4 is 11.3 Å². The Morgan fingerprint density at radius 1 is 1.20 bits per heavy atom. The van der Waals surface area contributed by atoms with Crippen LogP contribution in [0.4, 0.5) is 14.5 Å². The Bertz CT molecular complexity index is 217. The van der Waals surface area contributed by atoms with Crippen molar-refractivity contribution < 1.29 is 14.6 Å². The van der Waals surface area contributed by atoms with Crippen LogP contribution in [0.15, 0.2) is 18.2 Å². The first-order valence-electron chi connectivity index (χ1n) is 2.73. The molecule has 0 saturated carbocycles. The lowest BCUT2D eigenvalue weighted by Crippen LogP contribution is -2.57. The standard InChI is InChI=1S/C6H6F2N2/c7-4-2-1-3-5(8)6(4)10-9/h1-3,10H,9H2/p+1. The van der Waals surface area contributed by atoms with E-state index in [1.807, 2.05) is 0 Å². The van der Waals surface area contributed by atoms with Crippen molar-refractivity contribution in [2.75, 3.05) is 5.43 Å². The maximum Gasteiger partial charge on any atom is 0.156 e. The number of hydrogen-bond donors (Lipinski definition) is 2. The molecule has 4 N–H and O–H groups in total. The zero-order valence-corrected chi connectivity index (χ0v) is 5.20. The fraction of sp³-hybridized carbons (Fsp3) is 0. The van der Waals surface area contributed by atoms with Gasteiger partial charge in [0.05, 0.1) is 0 Å². The van der Waals surface area contributed by atoms with Crippen molar-refractivity contribution in [1.82, 2.24) is 0 Å². The van der Waals surface area contributed by atoms with Gasteiger partial charge in [-0.2, -0.15) is 0 Å². The van der Waals surface area contributed by atoms with Crippen LogP contribution in [-0.2, 0) is 0 Å². The van der Waals surface area contributed by atoms with Crippen molar-refractivity contribution >= 4 is 5.69 Å². The summed E-state index contributed by atoms with van der Waals surface area (Å²) in [6, 6.07) is 3.62. The van der Waals surface area contributed by atoms with E-state index in [2.05, 4.69) is 11.3 Å². The predicted molar refractivity (Wildman–Crippen MR) is 32.9 cm³/mol. The molecule has 0 amide bonds. The average Bonchev–Trinajstić information content (AvgIpc) is 1.88. The molecule has 0 spiro atoms. The molecule has 1 aromatic carbocycles. The number of anilines is 1. The highest BCUT2D eigenvalue weighted by atomic mass is 19.1. The molecule has 0 aromatic heterocycles. The fourth-order valence-electron chi connectivity index (χ4n) is 0.667. The van der Waals surface area contributed by atoms with E-state index >= 15 is 0 Å². The van der Waals surface area contributed by atoms with E-state index in [4.69, 9.17) is 0 Å². The van der Waals surface area contributed by atoms with Gasteiger partial charge in [0, 0.05) is 0 Å². The van der Waals surface area contributed by atoms with Gasteiger partial charge in [0.2, 0.25) is 0 Å². The van der Waals surface area contributed by atoms with Gasteiger partial charge in [-0.25, -0.2) is 14.2 Å². The van der Waals surface area contributed by atoms with Gasteiger partial charge in [-0.05, 0) is 12.1 Å². The van der Waals surface area contributed by atoms with Crippen LogP contribution in [-0.4, -0.2) is 0 Å². The molecule has 0 saturated heterocycles. The van der Waals surface area contributed by atoms with Crippen LogP contribution in [0, 0.1) is 11.6 Å². The van der Waals surface area contributed by atoms with Gasteiger partial charge < -0.3 is 0 Å². The number of quaternary nitrogens is 1. The van der Waals surface area contributed by atoms with Crippen LogP contribution in [0.25, 0.3) is 0 Å². The summed E-state index contributed by atoms with van der Waals surface area (Å²) in [6.07, 6.45) is 0. The monoisotopic (exact) mass is 145 g/mol. The summed E-state index contributed by atoms with van der Waals surface area (Å²) < 4.78 is 25.0. The van der Waals surface area contributed by atoms with E-state index in [9.17, 15) is 8.78 Å². The normalized spacial score (nSPS) is 9.50. The molecule has 0 radical (unpaired) electrons. The van der Waals surface area contributed by atoms with Crippen molar-refractivity contribution in [1.29, 1.82) is 0 Å². The molecule has 0 aliphatic carbocycles. The number of hydrogen-bond acceptors (Lipinski definition) is 1. The minimum atomic E-state index is -0.630. The quantitative estimate of drug-likeness (QED) is 0.556. The second kappa shape index (κ2) is 2.62. The maximum atomic E-state index is 12.5. The fourth-order valence-corrected chi connectivity index (χ4v) is 0.667. The molecule has 0 atom stereocenters. The van der Waals surface area contributed by atoms with Gasteiger partial charge in [0.25, 0.3) is 0 Å². The first kappa shape index (κ1) is 6.95. The lowest BCUT2D eigenvalue weighted by molar-refractivity contribution is -0.326. The summed E-state index contributed by atoms with van der Waals surface area (Å²) in [5.41, 5.74) is 1.97. The summed E-state index contributed by atoms with van der Waals surface area (Å²) in [5.74, 6) is 1.89. The summed E-state index contributed by atoms with van der Waals surface area (Å²) in [7, 11) is 0. The third-order valence-corrected chi connectivity index (χ3v) is 1.14. The van der Waals surface area contributed by atoms with Crippen molar-refractivity contribution in [3.63, 3.8) is 0 Å². The third kappa shape index (κ3) is 1.06. The zero-order chi connectivity index (χ0) is 7.56. The van der Waals surface area contributed by atoms with E-state index in [-0.39, 0.29) is 5.69 Å². The van der Waals surface area contributed by atoms with Gasteiger partial charge >= 0.3 is 0 Å². The highest BCUT2D eigenvalue weighted by molar-refractivity contribution is 5.43. The van der Waals surface area contributed by atoms with Crippen molar-refractivity contribution in [2.24, 2.45) is 0 Å². The molecule has 4 heteroatoms. The highest BCUT2D eigenvalue weighted by Crippen LogP contribution is 2.15. The van der Waals surface area contributed by atoms with Gasteiger partial charge in [-0.1, -0.05) is 6.07 Å². The van der Waals surface area contributed by atoms with Crippen LogP contribution in [0.5, 0.6) is 0 Å². The molecule has 1 rings (SSSR count). The molecule has 0 unspecified atom stereocenters. The largest absolute Gasteiger partial charge is 0.257 e. The second-order valence-corrected chi connectivity index (χ2v) is 1.77.